The zero-order chi connectivity index (χ0) is 22.6. The summed E-state index contributed by atoms with van der Waals surface area (Å²) in [5.74, 6) is -0.818. The Morgan fingerprint density at radius 3 is 2.77 bits per heavy atom. The van der Waals surface area contributed by atoms with E-state index in [1.54, 1.807) is 13.3 Å². The van der Waals surface area contributed by atoms with E-state index in [2.05, 4.69) is 27.5 Å². The van der Waals surface area contributed by atoms with E-state index in [9.17, 15) is 17.6 Å². The van der Waals surface area contributed by atoms with Gasteiger partial charge in [0.25, 0.3) is 0 Å². The molecule has 0 fully saturated rings. The van der Waals surface area contributed by atoms with Crippen molar-refractivity contribution in [1.29, 1.82) is 0 Å². The van der Waals surface area contributed by atoms with Crippen molar-refractivity contribution in [3.8, 4) is 10.4 Å². The third-order valence-corrected chi connectivity index (χ3v) is 6.70. The van der Waals surface area contributed by atoms with Gasteiger partial charge in [-0.2, -0.15) is 0 Å². The maximum Gasteiger partial charge on any atom is 0.321 e. The van der Waals surface area contributed by atoms with Crippen LogP contribution in [0.4, 0.5) is 14.3 Å². The summed E-state index contributed by atoms with van der Waals surface area (Å²) in [6, 6.07) is 3.53. The lowest BCUT2D eigenvalue weighted by Gasteiger charge is -2.04. The van der Waals surface area contributed by atoms with Crippen LogP contribution in [-0.4, -0.2) is 41.8 Å². The molecule has 1 aromatic carbocycles. The average Bonchev–Trinajstić information content (AvgIpc) is 3.27. The summed E-state index contributed by atoms with van der Waals surface area (Å²) in [6.45, 7) is 5.17. The minimum atomic E-state index is -3.64. The van der Waals surface area contributed by atoms with Crippen molar-refractivity contribution in [1.82, 2.24) is 19.9 Å². The van der Waals surface area contributed by atoms with Crippen LogP contribution in [0.25, 0.3) is 10.4 Å². The maximum atomic E-state index is 14.2. The number of rotatable bonds is 8. The van der Waals surface area contributed by atoms with Crippen molar-refractivity contribution >= 4 is 32.3 Å². The first-order valence-corrected chi connectivity index (χ1v) is 12.4. The largest absolute Gasteiger partial charge is 0.337 e. The van der Waals surface area contributed by atoms with Crippen LogP contribution in [0.15, 0.2) is 35.6 Å². The molecule has 0 atom stereocenters. The number of nitrogens with one attached hydrogen (secondary N) is 2. The molecule has 166 valence electrons. The van der Waals surface area contributed by atoms with E-state index >= 15 is 0 Å². The van der Waals surface area contributed by atoms with Gasteiger partial charge in [-0.3, -0.25) is 5.32 Å². The molecule has 31 heavy (non-hydrogen) atoms. The fourth-order valence-corrected chi connectivity index (χ4v) is 4.71. The number of nitrogens with zero attached hydrogens (tertiary/aromatic N) is 3. The highest BCUT2D eigenvalue weighted by Crippen LogP contribution is 2.34. The summed E-state index contributed by atoms with van der Waals surface area (Å²) < 4.78 is 39.4. The Balaban J connectivity index is 1.60. The van der Waals surface area contributed by atoms with E-state index in [4.69, 9.17) is 0 Å². The molecule has 11 heteroatoms. The van der Waals surface area contributed by atoms with Crippen molar-refractivity contribution in [2.24, 2.45) is 0 Å². The third-order valence-electron chi connectivity index (χ3n) is 4.45. The van der Waals surface area contributed by atoms with Crippen LogP contribution in [0.2, 0.25) is 0 Å². The minimum Gasteiger partial charge on any atom is -0.337 e. The predicted molar refractivity (Wildman–Crippen MR) is 119 cm³/mol. The minimum absolute atomic E-state index is 0.351. The first-order chi connectivity index (χ1) is 14.7. The maximum absolute atomic E-state index is 14.2. The SMILES string of the molecule is CCCn1cnc(CCNC(=O)Nc2nc(C)c(-c3ccc(S(C)(=O)=O)c(F)c3)s2)c1. The highest BCUT2D eigenvalue weighted by atomic mass is 32.2. The van der Waals surface area contributed by atoms with Gasteiger partial charge in [-0.05, 0) is 31.0 Å². The number of aromatic nitrogens is 3. The van der Waals surface area contributed by atoms with Crippen molar-refractivity contribution in [2.75, 3.05) is 18.1 Å². The van der Waals surface area contributed by atoms with Crippen LogP contribution in [0.1, 0.15) is 24.7 Å². The van der Waals surface area contributed by atoms with E-state index in [1.165, 1.54) is 29.5 Å². The fraction of sp³-hybridized carbons (Fsp3) is 0.350. The molecule has 0 radical (unpaired) electrons. The molecule has 0 aliphatic heterocycles. The van der Waals surface area contributed by atoms with Gasteiger partial charge in [0.05, 0.1) is 22.6 Å². The summed E-state index contributed by atoms with van der Waals surface area (Å²) >= 11 is 1.19. The molecule has 0 saturated carbocycles. The van der Waals surface area contributed by atoms with Crippen LogP contribution >= 0.6 is 11.3 Å². The second-order valence-electron chi connectivity index (χ2n) is 7.08. The lowest BCUT2D eigenvalue weighted by molar-refractivity contribution is 0.252. The van der Waals surface area contributed by atoms with Crippen LogP contribution in [0.3, 0.4) is 0 Å². The van der Waals surface area contributed by atoms with E-state index in [-0.39, 0.29) is 4.90 Å². The van der Waals surface area contributed by atoms with Gasteiger partial charge in [-0.15, -0.1) is 0 Å². The third kappa shape index (κ3) is 5.88. The number of aryl methyl sites for hydroxylation is 2. The van der Waals surface area contributed by atoms with E-state index in [0.717, 1.165) is 24.9 Å². The number of carbonyl (C=O) groups excluding carboxylic acids is 1. The number of thiazole rings is 1. The summed E-state index contributed by atoms with van der Waals surface area (Å²) in [5, 5.41) is 5.81. The normalized spacial score (nSPS) is 11.5. The standard InChI is InChI=1S/C20H24FN5O3S2/c1-4-9-26-11-15(23-12-26)7-8-22-19(27)25-20-24-13(2)18(30-20)14-5-6-17(16(21)10-14)31(3,28)29/h5-6,10-12H,4,7-9H2,1-3H3,(H2,22,24,25,27). The zero-order valence-electron chi connectivity index (χ0n) is 17.5. The molecule has 2 aromatic heterocycles. The first kappa shape index (κ1) is 22.9. The molecule has 0 saturated heterocycles. The molecule has 0 aliphatic rings. The van der Waals surface area contributed by atoms with Crippen LogP contribution < -0.4 is 10.6 Å². The number of amides is 2. The Morgan fingerprint density at radius 2 is 2.10 bits per heavy atom. The van der Waals surface area contributed by atoms with Gasteiger partial charge in [-0.25, -0.2) is 27.6 Å². The molecule has 3 rings (SSSR count). The van der Waals surface area contributed by atoms with Gasteiger partial charge >= 0.3 is 6.03 Å². The fourth-order valence-electron chi connectivity index (χ4n) is 3.02. The quantitative estimate of drug-likeness (QED) is 0.528. The highest BCUT2D eigenvalue weighted by molar-refractivity contribution is 7.90. The molecule has 0 aliphatic carbocycles. The number of urea groups is 1. The molecule has 2 N–H and O–H groups in total. The first-order valence-electron chi connectivity index (χ1n) is 9.70. The van der Waals surface area contributed by atoms with Gasteiger partial charge in [0.1, 0.15) is 10.7 Å². The van der Waals surface area contributed by atoms with Crippen molar-refractivity contribution < 1.29 is 17.6 Å². The van der Waals surface area contributed by atoms with Crippen LogP contribution in [-0.2, 0) is 22.8 Å². The molecular formula is C20H24FN5O3S2. The number of imidazole rings is 1. The Morgan fingerprint density at radius 1 is 1.32 bits per heavy atom. The smallest absolute Gasteiger partial charge is 0.321 e. The summed E-state index contributed by atoms with van der Waals surface area (Å²) in [6.07, 6.45) is 6.34. The number of sulfone groups is 1. The van der Waals surface area contributed by atoms with Gasteiger partial charge in [0.2, 0.25) is 0 Å². The average molecular weight is 466 g/mol. The second-order valence-corrected chi connectivity index (χ2v) is 10.1. The van der Waals surface area contributed by atoms with Gasteiger partial charge in [-0.1, -0.05) is 24.3 Å². The molecule has 8 nitrogen and oxygen atoms in total. The molecule has 0 spiro atoms. The molecule has 0 unspecified atom stereocenters. The van der Waals surface area contributed by atoms with Gasteiger partial charge < -0.3 is 9.88 Å². The van der Waals surface area contributed by atoms with Crippen LogP contribution in [0.5, 0.6) is 0 Å². The summed E-state index contributed by atoms with van der Waals surface area (Å²) in [7, 11) is -3.64. The number of benzene rings is 1. The van der Waals surface area contributed by atoms with Gasteiger partial charge in [0, 0.05) is 32.0 Å². The number of halogens is 1. The van der Waals surface area contributed by atoms with Crippen molar-refractivity contribution in [3.05, 3.63) is 47.9 Å². The number of hydrogen-bond acceptors (Lipinski definition) is 6. The molecular weight excluding hydrogens is 441 g/mol. The number of carbonyl (C=O) groups is 1. The lowest BCUT2D eigenvalue weighted by Crippen LogP contribution is -2.30. The van der Waals surface area contributed by atoms with Gasteiger partial charge in [0.15, 0.2) is 15.0 Å². The molecule has 3 aromatic rings. The van der Waals surface area contributed by atoms with Crippen molar-refractivity contribution in [3.63, 3.8) is 0 Å². The van der Waals surface area contributed by atoms with E-state index in [0.29, 0.717) is 34.2 Å². The zero-order valence-corrected chi connectivity index (χ0v) is 19.1. The Kier molecular flexibility index (Phi) is 7.06. The highest BCUT2D eigenvalue weighted by Gasteiger charge is 2.17. The number of hydrogen-bond donors (Lipinski definition) is 2. The van der Waals surface area contributed by atoms with Crippen LogP contribution in [0, 0.1) is 12.7 Å². The molecule has 2 heterocycles. The molecule has 0 bridgehead atoms. The van der Waals surface area contributed by atoms with Crippen molar-refractivity contribution in [2.45, 2.75) is 38.1 Å². The topological polar surface area (TPSA) is 106 Å². The Bertz CT molecular complexity index is 1190. The summed E-state index contributed by atoms with van der Waals surface area (Å²) in [5.41, 5.74) is 2.00. The Labute approximate surface area is 184 Å². The number of anilines is 1. The van der Waals surface area contributed by atoms with E-state index < -0.39 is 21.7 Å². The monoisotopic (exact) mass is 465 g/mol. The van der Waals surface area contributed by atoms with E-state index in [1.807, 2.05) is 10.8 Å². The lowest BCUT2D eigenvalue weighted by atomic mass is 10.1. The molecule has 2 amide bonds. The summed E-state index contributed by atoms with van der Waals surface area (Å²) in [4.78, 5) is 21.1. The second kappa shape index (κ2) is 9.56. The predicted octanol–water partition coefficient (Wildman–Crippen LogP) is 3.63. The Hall–Kier alpha value is -2.79.